The number of aromatic nitrogens is 3. The number of fused-ring (bicyclic) bond motifs is 1. The highest BCUT2D eigenvalue weighted by Gasteiger charge is 2.28. The van der Waals surface area contributed by atoms with Crippen molar-refractivity contribution in [2.45, 2.75) is 30.6 Å². The molecule has 0 aliphatic heterocycles. The van der Waals surface area contributed by atoms with Crippen molar-refractivity contribution in [3.8, 4) is 0 Å². The van der Waals surface area contributed by atoms with Gasteiger partial charge in [-0.25, -0.2) is 4.98 Å². The first-order valence-electron chi connectivity index (χ1n) is 9.24. The Morgan fingerprint density at radius 1 is 1.24 bits per heavy atom. The summed E-state index contributed by atoms with van der Waals surface area (Å²) in [6.07, 6.45) is 2.16. The molecule has 1 aliphatic rings. The molecule has 1 saturated carbocycles. The van der Waals surface area contributed by atoms with Crippen LogP contribution < -0.4 is 10.9 Å². The van der Waals surface area contributed by atoms with Crippen LogP contribution in [0.2, 0.25) is 5.02 Å². The maximum atomic E-state index is 12.8. The summed E-state index contributed by atoms with van der Waals surface area (Å²) in [5.41, 5.74) is 7.80. The van der Waals surface area contributed by atoms with E-state index < -0.39 is 0 Å². The zero-order valence-electron chi connectivity index (χ0n) is 16.0. The van der Waals surface area contributed by atoms with Crippen LogP contribution in [0.25, 0.3) is 11.0 Å². The van der Waals surface area contributed by atoms with E-state index in [0.717, 1.165) is 29.1 Å². The quantitative estimate of drug-likeness (QED) is 0.479. The molecule has 1 aromatic carbocycles. The van der Waals surface area contributed by atoms with Gasteiger partial charge in [0, 0.05) is 28.6 Å². The molecule has 0 atom stereocenters. The van der Waals surface area contributed by atoms with Crippen LogP contribution in [0.3, 0.4) is 0 Å². The maximum absolute atomic E-state index is 12.8. The highest BCUT2D eigenvalue weighted by Crippen LogP contribution is 2.40. The summed E-state index contributed by atoms with van der Waals surface area (Å²) in [5, 5.41) is 5.74. The molecule has 3 aromatic rings. The SMILES string of the molecule is Cc1nn(C)c2nc(C3CC3)cc(C(=O)NNC(=O)CSc3ccc(Cl)cc3)c12. The molecule has 0 saturated heterocycles. The second-order valence-corrected chi connectivity index (χ2v) is 8.51. The number of hydrogen-bond acceptors (Lipinski definition) is 5. The van der Waals surface area contributed by atoms with Gasteiger partial charge in [-0.15, -0.1) is 11.8 Å². The number of thioether (sulfide) groups is 1. The first-order chi connectivity index (χ1) is 13.9. The molecular weight excluding hydrogens is 410 g/mol. The third-order valence-corrected chi connectivity index (χ3v) is 5.99. The molecule has 2 N–H and O–H groups in total. The van der Waals surface area contributed by atoms with Crippen LogP contribution >= 0.6 is 23.4 Å². The lowest BCUT2D eigenvalue weighted by atomic mass is 10.1. The Kier molecular flexibility index (Phi) is 5.47. The summed E-state index contributed by atoms with van der Waals surface area (Å²) < 4.78 is 1.69. The number of carbonyl (C=O) groups is 2. The molecule has 2 amide bonds. The predicted molar refractivity (Wildman–Crippen MR) is 113 cm³/mol. The summed E-state index contributed by atoms with van der Waals surface area (Å²) >= 11 is 7.22. The topological polar surface area (TPSA) is 88.9 Å². The zero-order valence-corrected chi connectivity index (χ0v) is 17.6. The number of carbonyl (C=O) groups excluding carboxylic acids is 2. The van der Waals surface area contributed by atoms with Gasteiger partial charge in [-0.1, -0.05) is 11.6 Å². The number of nitrogens with zero attached hydrogens (tertiary/aromatic N) is 3. The van der Waals surface area contributed by atoms with Crippen LogP contribution in [-0.4, -0.2) is 32.3 Å². The van der Waals surface area contributed by atoms with Gasteiger partial charge in [-0.2, -0.15) is 5.10 Å². The summed E-state index contributed by atoms with van der Waals surface area (Å²) in [4.78, 5) is 30.6. The number of nitrogens with one attached hydrogen (secondary N) is 2. The minimum absolute atomic E-state index is 0.174. The molecule has 2 aromatic heterocycles. The largest absolute Gasteiger partial charge is 0.272 e. The van der Waals surface area contributed by atoms with Gasteiger partial charge in [0.1, 0.15) is 0 Å². The normalized spacial score (nSPS) is 13.5. The van der Waals surface area contributed by atoms with Gasteiger partial charge < -0.3 is 0 Å². The standard InChI is InChI=1S/C20H20ClN5O2S/c1-11-18-15(9-16(12-3-4-12)22-19(18)26(2)25-11)20(28)24-23-17(27)10-29-14-7-5-13(21)6-8-14/h5-9,12H,3-4,10H2,1-2H3,(H,23,27)(H,24,28). The van der Waals surface area contributed by atoms with Crippen LogP contribution in [0, 0.1) is 6.92 Å². The molecule has 2 heterocycles. The number of rotatable bonds is 5. The van der Waals surface area contributed by atoms with Crippen molar-refractivity contribution in [2.75, 3.05) is 5.75 Å². The fourth-order valence-corrected chi connectivity index (χ4v) is 3.97. The van der Waals surface area contributed by atoms with E-state index >= 15 is 0 Å². The Hall–Kier alpha value is -2.58. The van der Waals surface area contributed by atoms with Crippen molar-refractivity contribution in [3.63, 3.8) is 0 Å². The number of benzene rings is 1. The molecule has 1 aliphatic carbocycles. The summed E-state index contributed by atoms with van der Waals surface area (Å²) in [6.45, 7) is 1.85. The molecule has 9 heteroatoms. The Labute approximate surface area is 177 Å². The van der Waals surface area contributed by atoms with Crippen molar-refractivity contribution in [3.05, 3.63) is 52.3 Å². The molecule has 0 bridgehead atoms. The van der Waals surface area contributed by atoms with Crippen molar-refractivity contribution in [2.24, 2.45) is 7.05 Å². The van der Waals surface area contributed by atoms with E-state index in [1.807, 2.05) is 32.2 Å². The van der Waals surface area contributed by atoms with Gasteiger partial charge in [-0.05, 0) is 50.1 Å². The monoisotopic (exact) mass is 429 g/mol. The summed E-state index contributed by atoms with van der Waals surface area (Å²) in [6, 6.07) is 9.05. The Bertz CT molecular complexity index is 1090. The van der Waals surface area contributed by atoms with Gasteiger partial charge in [0.05, 0.1) is 22.4 Å². The minimum atomic E-state index is -0.375. The van der Waals surface area contributed by atoms with Gasteiger partial charge in [0.15, 0.2) is 5.65 Å². The van der Waals surface area contributed by atoms with E-state index in [1.165, 1.54) is 11.8 Å². The number of pyridine rings is 1. The van der Waals surface area contributed by atoms with Crippen LogP contribution in [-0.2, 0) is 11.8 Å². The van der Waals surface area contributed by atoms with Crippen molar-refractivity contribution in [1.82, 2.24) is 25.6 Å². The predicted octanol–water partition coefficient (Wildman–Crippen LogP) is 3.36. The lowest BCUT2D eigenvalue weighted by Gasteiger charge is -2.10. The molecule has 4 rings (SSSR count). The van der Waals surface area contributed by atoms with Gasteiger partial charge in [0.25, 0.3) is 5.91 Å². The van der Waals surface area contributed by atoms with Crippen molar-refractivity contribution < 1.29 is 9.59 Å². The first kappa shape index (κ1) is 19.7. The molecule has 0 spiro atoms. The molecule has 0 unspecified atom stereocenters. The van der Waals surface area contributed by atoms with E-state index in [0.29, 0.717) is 27.5 Å². The number of aryl methyl sites for hydroxylation is 2. The van der Waals surface area contributed by atoms with E-state index in [1.54, 1.807) is 16.8 Å². The van der Waals surface area contributed by atoms with Crippen molar-refractivity contribution >= 4 is 46.2 Å². The second kappa shape index (κ2) is 8.04. The molecule has 1 fully saturated rings. The van der Waals surface area contributed by atoms with Crippen LogP contribution in [0.4, 0.5) is 0 Å². The number of amides is 2. The lowest BCUT2D eigenvalue weighted by Crippen LogP contribution is -2.42. The average Bonchev–Trinajstić information content (AvgIpc) is 3.51. The number of hydrogen-bond donors (Lipinski definition) is 2. The zero-order chi connectivity index (χ0) is 20.5. The number of hydrazine groups is 1. The Morgan fingerprint density at radius 3 is 2.66 bits per heavy atom. The smallest absolute Gasteiger partial charge is 0.270 e. The molecule has 0 radical (unpaired) electrons. The van der Waals surface area contributed by atoms with Crippen molar-refractivity contribution in [1.29, 1.82) is 0 Å². The molecule has 150 valence electrons. The van der Waals surface area contributed by atoms with E-state index in [2.05, 4.69) is 20.9 Å². The van der Waals surface area contributed by atoms with Gasteiger partial charge in [0.2, 0.25) is 5.91 Å². The summed E-state index contributed by atoms with van der Waals surface area (Å²) in [5.74, 6) is -0.104. The van der Waals surface area contributed by atoms with E-state index in [4.69, 9.17) is 11.6 Å². The third-order valence-electron chi connectivity index (χ3n) is 4.73. The Morgan fingerprint density at radius 2 is 1.97 bits per heavy atom. The van der Waals surface area contributed by atoms with E-state index in [-0.39, 0.29) is 17.6 Å². The third kappa shape index (κ3) is 4.38. The fourth-order valence-electron chi connectivity index (χ4n) is 3.14. The number of halogens is 1. The molecule has 29 heavy (non-hydrogen) atoms. The lowest BCUT2D eigenvalue weighted by molar-refractivity contribution is -0.119. The molecular formula is C20H20ClN5O2S. The molecule has 7 nitrogen and oxygen atoms in total. The minimum Gasteiger partial charge on any atom is -0.272 e. The van der Waals surface area contributed by atoms with Crippen LogP contribution in [0.1, 0.15) is 40.5 Å². The highest BCUT2D eigenvalue weighted by atomic mass is 35.5. The fraction of sp³-hybridized carbons (Fsp3) is 0.300. The van der Waals surface area contributed by atoms with Crippen LogP contribution in [0.5, 0.6) is 0 Å². The summed E-state index contributed by atoms with van der Waals surface area (Å²) in [7, 11) is 1.82. The van der Waals surface area contributed by atoms with E-state index in [9.17, 15) is 9.59 Å². The van der Waals surface area contributed by atoms with Gasteiger partial charge >= 0.3 is 0 Å². The maximum Gasteiger partial charge on any atom is 0.270 e. The Balaban J connectivity index is 1.44. The highest BCUT2D eigenvalue weighted by molar-refractivity contribution is 8.00. The average molecular weight is 430 g/mol. The van der Waals surface area contributed by atoms with Crippen LogP contribution in [0.15, 0.2) is 35.2 Å². The second-order valence-electron chi connectivity index (χ2n) is 7.02. The van der Waals surface area contributed by atoms with Gasteiger partial charge in [-0.3, -0.25) is 25.1 Å². The first-order valence-corrected chi connectivity index (χ1v) is 10.6.